The molecule has 0 atom stereocenters. The minimum atomic E-state index is -3.20. The number of pyridine rings is 1. The molecule has 1 fully saturated rings. The lowest BCUT2D eigenvalue weighted by molar-refractivity contribution is 0.290. The third-order valence-corrected chi connectivity index (χ3v) is 8.50. The van der Waals surface area contributed by atoms with E-state index in [0.717, 1.165) is 57.8 Å². The molecule has 9 nitrogen and oxygen atoms in total. The molecule has 0 radical (unpaired) electrons. The topological polar surface area (TPSA) is 131 Å². The molecule has 36 heavy (non-hydrogen) atoms. The maximum Gasteiger partial charge on any atom is 0.208 e. The lowest BCUT2D eigenvalue weighted by Gasteiger charge is -2.29. The van der Waals surface area contributed by atoms with Gasteiger partial charge in [-0.1, -0.05) is 23.9 Å². The Bertz CT molecular complexity index is 1580. The van der Waals surface area contributed by atoms with Crippen molar-refractivity contribution >= 4 is 33.0 Å². The van der Waals surface area contributed by atoms with Crippen molar-refractivity contribution in [1.82, 2.24) is 24.1 Å². The van der Waals surface area contributed by atoms with Crippen LogP contribution in [0.4, 0.5) is 5.69 Å². The largest absolute Gasteiger partial charge is 0.398 e. The van der Waals surface area contributed by atoms with Crippen molar-refractivity contribution in [2.75, 3.05) is 12.0 Å². The van der Waals surface area contributed by atoms with E-state index >= 15 is 0 Å². The minimum absolute atomic E-state index is 0.0202. The first-order chi connectivity index (χ1) is 17.2. The molecular weight excluding hydrogens is 494 g/mol. The number of para-hydroxylation sites is 1. The summed E-state index contributed by atoms with van der Waals surface area (Å²) in [6.45, 7) is 2.05. The number of benzene rings is 1. The van der Waals surface area contributed by atoms with E-state index in [-0.39, 0.29) is 12.1 Å². The molecule has 3 N–H and O–H groups in total. The number of hydrogen-bond acceptors (Lipinski definition) is 7. The van der Waals surface area contributed by atoms with Gasteiger partial charge in [-0.15, -0.1) is 0 Å². The number of nitrogen functional groups attached to an aromatic ring is 1. The number of nitrogens with zero attached hydrogens (tertiary/aromatic N) is 5. The van der Waals surface area contributed by atoms with E-state index < -0.39 is 10.0 Å². The second-order valence-electron chi connectivity index (χ2n) is 9.18. The van der Waals surface area contributed by atoms with E-state index in [4.69, 9.17) is 10.8 Å². The number of fused-ring (bicyclic) bond motifs is 1. The molecule has 186 valence electrons. The van der Waals surface area contributed by atoms with Crippen LogP contribution in [0.3, 0.4) is 0 Å². The van der Waals surface area contributed by atoms with Crippen LogP contribution in [0.5, 0.6) is 0 Å². The van der Waals surface area contributed by atoms with Gasteiger partial charge in [0, 0.05) is 44.5 Å². The molecular formula is C25H27N7O2S2. The Hall–Kier alpha value is -3.33. The average molecular weight is 522 g/mol. The summed E-state index contributed by atoms with van der Waals surface area (Å²) < 4.78 is 29.7. The second kappa shape index (κ2) is 9.61. The van der Waals surface area contributed by atoms with Gasteiger partial charge < -0.3 is 5.73 Å². The summed E-state index contributed by atoms with van der Waals surface area (Å²) in [5.41, 5.74) is 11.1. The first kappa shape index (κ1) is 24.4. The Labute approximate surface area is 214 Å². The van der Waals surface area contributed by atoms with Gasteiger partial charge in [0.1, 0.15) is 6.07 Å². The van der Waals surface area contributed by atoms with Crippen molar-refractivity contribution in [2.45, 2.75) is 54.5 Å². The van der Waals surface area contributed by atoms with Crippen molar-refractivity contribution in [3.8, 4) is 17.2 Å². The molecule has 1 aromatic carbocycles. The summed E-state index contributed by atoms with van der Waals surface area (Å²) in [5.74, 6) is 0. The van der Waals surface area contributed by atoms with Gasteiger partial charge in [0.15, 0.2) is 0 Å². The molecule has 11 heteroatoms. The van der Waals surface area contributed by atoms with Gasteiger partial charge in [0.2, 0.25) is 10.0 Å². The molecule has 0 spiro atoms. The molecule has 0 bridgehead atoms. The Morgan fingerprint density at radius 2 is 1.89 bits per heavy atom. The Morgan fingerprint density at radius 3 is 2.58 bits per heavy atom. The van der Waals surface area contributed by atoms with E-state index in [9.17, 15) is 13.7 Å². The number of nitrogens with one attached hydrogen (secondary N) is 1. The number of aromatic nitrogens is 4. The van der Waals surface area contributed by atoms with Crippen LogP contribution in [-0.4, -0.2) is 40.1 Å². The highest BCUT2D eigenvalue weighted by molar-refractivity contribution is 7.99. The summed E-state index contributed by atoms with van der Waals surface area (Å²) in [4.78, 5) is 1.80. The zero-order valence-corrected chi connectivity index (χ0v) is 21.7. The highest BCUT2D eigenvalue weighted by atomic mass is 32.2. The summed E-state index contributed by atoms with van der Waals surface area (Å²) in [7, 11) is -3.20. The van der Waals surface area contributed by atoms with Gasteiger partial charge in [-0.05, 0) is 50.8 Å². The molecule has 1 aliphatic carbocycles. The van der Waals surface area contributed by atoms with Crippen LogP contribution in [0.2, 0.25) is 0 Å². The molecule has 0 saturated heterocycles. The van der Waals surface area contributed by atoms with Crippen LogP contribution < -0.4 is 10.5 Å². The van der Waals surface area contributed by atoms with E-state index in [1.807, 2.05) is 36.7 Å². The first-order valence-electron chi connectivity index (χ1n) is 11.7. The maximum atomic E-state index is 11.6. The van der Waals surface area contributed by atoms with Crippen LogP contribution >= 0.6 is 11.8 Å². The highest BCUT2D eigenvalue weighted by Gasteiger charge is 2.26. The van der Waals surface area contributed by atoms with E-state index in [0.29, 0.717) is 11.3 Å². The van der Waals surface area contributed by atoms with Gasteiger partial charge in [-0.25, -0.2) is 17.7 Å². The number of rotatable bonds is 6. The zero-order valence-electron chi connectivity index (χ0n) is 20.0. The number of sulfonamides is 1. The molecule has 0 unspecified atom stereocenters. The van der Waals surface area contributed by atoms with Crippen molar-refractivity contribution in [1.29, 1.82) is 5.26 Å². The molecule has 1 aliphatic rings. The van der Waals surface area contributed by atoms with Gasteiger partial charge in [-0.3, -0.25) is 4.68 Å². The number of anilines is 1. The average Bonchev–Trinajstić information content (AvgIpc) is 3.43. The van der Waals surface area contributed by atoms with Crippen molar-refractivity contribution < 1.29 is 8.42 Å². The van der Waals surface area contributed by atoms with Crippen LogP contribution in [0.1, 0.15) is 43.0 Å². The van der Waals surface area contributed by atoms with Crippen LogP contribution in [0.15, 0.2) is 58.7 Å². The fourth-order valence-corrected chi connectivity index (χ4v) is 6.80. The SMILES string of the molecule is Cc1c(-c2cc(Sc3ccccc3N)c3c(C#N)cnn3c2)cnn1[C@H]1CC[C@@H](NS(C)(=O)=O)CC1. The molecule has 0 aliphatic heterocycles. The normalized spacial score (nSPS) is 18.4. The second-order valence-corrected chi connectivity index (χ2v) is 12.0. The number of hydrogen-bond donors (Lipinski definition) is 2. The molecule has 1 saturated carbocycles. The molecule has 4 aromatic rings. The third-order valence-electron chi connectivity index (χ3n) is 6.62. The Kier molecular flexibility index (Phi) is 6.51. The smallest absolute Gasteiger partial charge is 0.208 e. The summed E-state index contributed by atoms with van der Waals surface area (Å²) in [6, 6.07) is 12.2. The molecule has 3 aromatic heterocycles. The lowest BCUT2D eigenvalue weighted by atomic mass is 9.91. The summed E-state index contributed by atoms with van der Waals surface area (Å²) in [6.07, 6.45) is 9.85. The predicted octanol–water partition coefficient (Wildman–Crippen LogP) is 4.14. The van der Waals surface area contributed by atoms with E-state index in [1.165, 1.54) is 18.0 Å². The fraction of sp³-hybridized carbons (Fsp3) is 0.320. The highest BCUT2D eigenvalue weighted by Crippen LogP contribution is 2.39. The van der Waals surface area contributed by atoms with Crippen molar-refractivity contribution in [3.63, 3.8) is 0 Å². The van der Waals surface area contributed by atoms with E-state index in [2.05, 4.69) is 33.6 Å². The summed E-state index contributed by atoms with van der Waals surface area (Å²) in [5, 5.41) is 18.8. The van der Waals surface area contributed by atoms with Crippen LogP contribution in [0, 0.1) is 18.3 Å². The molecule has 5 rings (SSSR count). The third kappa shape index (κ3) is 4.84. The monoisotopic (exact) mass is 521 g/mol. The number of nitriles is 1. The van der Waals surface area contributed by atoms with Crippen LogP contribution in [-0.2, 0) is 10.0 Å². The van der Waals surface area contributed by atoms with E-state index in [1.54, 1.807) is 10.7 Å². The van der Waals surface area contributed by atoms with Gasteiger partial charge >= 0.3 is 0 Å². The zero-order chi connectivity index (χ0) is 25.4. The predicted molar refractivity (Wildman–Crippen MR) is 140 cm³/mol. The molecule has 3 heterocycles. The van der Waals surface area contributed by atoms with Crippen LogP contribution in [0.25, 0.3) is 16.6 Å². The standard InChI is InChI=1S/C25H27N7O2S2/c1-16-21(14-29-32(16)20-9-7-19(8-10-20)30-36(2,33)34)17-11-24(35-23-6-4-3-5-22(23)27)25-18(12-26)13-28-31(25)15-17/h3-6,11,13-15,19-20,30H,7-10,27H2,1-2H3/t19-,20+. The molecule has 0 amide bonds. The number of nitrogens with two attached hydrogens (primary N) is 1. The quantitative estimate of drug-likeness (QED) is 0.365. The Balaban J connectivity index is 1.48. The van der Waals surface area contributed by atoms with Crippen molar-refractivity contribution in [2.24, 2.45) is 0 Å². The summed E-state index contributed by atoms with van der Waals surface area (Å²) >= 11 is 1.51. The van der Waals surface area contributed by atoms with Gasteiger partial charge in [-0.2, -0.15) is 15.5 Å². The van der Waals surface area contributed by atoms with Crippen molar-refractivity contribution in [3.05, 3.63) is 60.2 Å². The van der Waals surface area contributed by atoms with Gasteiger partial charge in [0.05, 0.1) is 35.8 Å². The minimum Gasteiger partial charge on any atom is -0.398 e. The van der Waals surface area contributed by atoms with Gasteiger partial charge in [0.25, 0.3) is 0 Å². The maximum absolute atomic E-state index is 11.6. The lowest BCUT2D eigenvalue weighted by Crippen LogP contribution is -2.37. The Morgan fingerprint density at radius 1 is 1.14 bits per heavy atom. The first-order valence-corrected chi connectivity index (χ1v) is 14.4. The fourth-order valence-electron chi connectivity index (χ4n) is 4.90.